The SMILES string of the molecule is O=C1CCC(NCCOCC(F)(F)F)C(C2CC2)N1. The van der Waals surface area contributed by atoms with Crippen LogP contribution in [-0.4, -0.2) is 43.9 Å². The van der Waals surface area contributed by atoms with Gasteiger partial charge >= 0.3 is 6.18 Å². The van der Waals surface area contributed by atoms with E-state index >= 15 is 0 Å². The topological polar surface area (TPSA) is 50.4 Å². The van der Waals surface area contributed by atoms with E-state index in [0.29, 0.717) is 18.9 Å². The molecule has 19 heavy (non-hydrogen) atoms. The number of amides is 1. The molecule has 0 radical (unpaired) electrons. The van der Waals surface area contributed by atoms with Crippen molar-refractivity contribution in [1.82, 2.24) is 10.6 Å². The Labute approximate surface area is 110 Å². The van der Waals surface area contributed by atoms with E-state index in [-0.39, 0.29) is 24.6 Å². The second kappa shape index (κ2) is 6.09. The molecule has 4 nitrogen and oxygen atoms in total. The van der Waals surface area contributed by atoms with E-state index in [4.69, 9.17) is 0 Å². The Morgan fingerprint density at radius 1 is 1.32 bits per heavy atom. The normalized spacial score (nSPS) is 28.3. The Bertz CT molecular complexity index is 319. The zero-order valence-corrected chi connectivity index (χ0v) is 10.6. The van der Waals surface area contributed by atoms with Crippen molar-refractivity contribution in [2.75, 3.05) is 19.8 Å². The Morgan fingerprint density at radius 2 is 2.05 bits per heavy atom. The summed E-state index contributed by atoms with van der Waals surface area (Å²) in [6, 6.07) is 0.281. The quantitative estimate of drug-likeness (QED) is 0.719. The van der Waals surface area contributed by atoms with Gasteiger partial charge in [-0.25, -0.2) is 0 Å². The summed E-state index contributed by atoms with van der Waals surface area (Å²) >= 11 is 0. The predicted molar refractivity (Wildman–Crippen MR) is 62.6 cm³/mol. The highest BCUT2D eigenvalue weighted by atomic mass is 19.4. The molecule has 1 amide bonds. The summed E-state index contributed by atoms with van der Waals surface area (Å²) < 4.78 is 40.1. The summed E-state index contributed by atoms with van der Waals surface area (Å²) in [5, 5.41) is 6.16. The summed E-state index contributed by atoms with van der Waals surface area (Å²) in [6.07, 6.45) is -0.812. The van der Waals surface area contributed by atoms with Crippen LogP contribution in [0.2, 0.25) is 0 Å². The van der Waals surface area contributed by atoms with E-state index in [2.05, 4.69) is 15.4 Å². The lowest BCUT2D eigenvalue weighted by Gasteiger charge is -2.33. The molecule has 1 saturated heterocycles. The van der Waals surface area contributed by atoms with E-state index in [1.165, 1.54) is 0 Å². The Kier molecular flexibility index (Phi) is 4.67. The minimum absolute atomic E-state index is 0.0291. The lowest BCUT2D eigenvalue weighted by molar-refractivity contribution is -0.173. The van der Waals surface area contributed by atoms with Crippen molar-refractivity contribution in [3.63, 3.8) is 0 Å². The standard InChI is InChI=1S/C12H19F3N2O2/c13-12(14,15)7-19-6-5-16-9-3-4-10(18)17-11(9)8-1-2-8/h8-9,11,16H,1-7H2,(H,17,18). The summed E-state index contributed by atoms with van der Waals surface area (Å²) in [5.41, 5.74) is 0. The van der Waals surface area contributed by atoms with Crippen molar-refractivity contribution in [1.29, 1.82) is 0 Å². The number of carbonyl (C=O) groups is 1. The molecule has 2 unspecified atom stereocenters. The van der Waals surface area contributed by atoms with Gasteiger partial charge in [0, 0.05) is 25.0 Å². The second-order valence-corrected chi connectivity index (χ2v) is 5.20. The molecule has 0 aromatic heterocycles. The maximum absolute atomic E-state index is 11.9. The lowest BCUT2D eigenvalue weighted by Crippen LogP contribution is -2.55. The first-order chi connectivity index (χ1) is 8.96. The third kappa shape index (κ3) is 4.99. The molecule has 0 aromatic rings. The molecule has 2 aliphatic rings. The first-order valence-electron chi connectivity index (χ1n) is 6.63. The molecule has 1 saturated carbocycles. The monoisotopic (exact) mass is 280 g/mol. The molecule has 0 spiro atoms. The molecule has 2 N–H and O–H groups in total. The summed E-state index contributed by atoms with van der Waals surface area (Å²) in [7, 11) is 0. The van der Waals surface area contributed by atoms with Gasteiger partial charge in [-0.1, -0.05) is 0 Å². The van der Waals surface area contributed by atoms with Gasteiger partial charge < -0.3 is 15.4 Å². The highest BCUT2D eigenvalue weighted by molar-refractivity contribution is 5.77. The Morgan fingerprint density at radius 3 is 2.68 bits per heavy atom. The summed E-state index contributed by atoms with van der Waals surface area (Å²) in [5.74, 6) is 0.598. The molecule has 1 aliphatic carbocycles. The molecule has 0 bridgehead atoms. The lowest BCUT2D eigenvalue weighted by atomic mass is 9.94. The molecule has 7 heteroatoms. The zero-order valence-electron chi connectivity index (χ0n) is 10.6. The van der Waals surface area contributed by atoms with Crippen LogP contribution in [0.15, 0.2) is 0 Å². The van der Waals surface area contributed by atoms with Crippen molar-refractivity contribution in [2.24, 2.45) is 5.92 Å². The summed E-state index contributed by atoms with van der Waals surface area (Å²) in [6.45, 7) is -0.802. The first-order valence-corrected chi connectivity index (χ1v) is 6.63. The largest absolute Gasteiger partial charge is 0.411 e. The van der Waals surface area contributed by atoms with Gasteiger partial charge in [-0.2, -0.15) is 13.2 Å². The number of piperidine rings is 1. The second-order valence-electron chi connectivity index (χ2n) is 5.20. The van der Waals surface area contributed by atoms with Gasteiger partial charge in [0.1, 0.15) is 6.61 Å². The van der Waals surface area contributed by atoms with Gasteiger partial charge in [-0.05, 0) is 25.2 Å². The Hall–Kier alpha value is -0.820. The van der Waals surface area contributed by atoms with Crippen LogP contribution in [0.4, 0.5) is 13.2 Å². The molecular formula is C12H19F3N2O2. The highest BCUT2D eigenvalue weighted by Crippen LogP contribution is 2.36. The maximum atomic E-state index is 11.9. The molecule has 2 rings (SSSR count). The van der Waals surface area contributed by atoms with Crippen molar-refractivity contribution in [2.45, 2.75) is 43.9 Å². The van der Waals surface area contributed by atoms with E-state index in [0.717, 1.165) is 19.3 Å². The molecule has 110 valence electrons. The number of rotatable bonds is 6. The van der Waals surface area contributed by atoms with Gasteiger partial charge in [-0.3, -0.25) is 4.79 Å². The van der Waals surface area contributed by atoms with Gasteiger partial charge in [0.15, 0.2) is 0 Å². The van der Waals surface area contributed by atoms with Crippen LogP contribution in [0.3, 0.4) is 0 Å². The average Bonchev–Trinajstić information content (AvgIpc) is 3.12. The number of nitrogens with one attached hydrogen (secondary N) is 2. The highest BCUT2D eigenvalue weighted by Gasteiger charge is 2.39. The van der Waals surface area contributed by atoms with Crippen LogP contribution in [0.25, 0.3) is 0 Å². The van der Waals surface area contributed by atoms with Crippen LogP contribution in [0.5, 0.6) is 0 Å². The van der Waals surface area contributed by atoms with Crippen LogP contribution in [-0.2, 0) is 9.53 Å². The average molecular weight is 280 g/mol. The van der Waals surface area contributed by atoms with E-state index in [1.807, 2.05) is 0 Å². The van der Waals surface area contributed by atoms with Crippen LogP contribution < -0.4 is 10.6 Å². The van der Waals surface area contributed by atoms with Crippen molar-refractivity contribution in [3.8, 4) is 0 Å². The molecule has 1 heterocycles. The fourth-order valence-electron chi connectivity index (χ4n) is 2.46. The van der Waals surface area contributed by atoms with Crippen LogP contribution in [0.1, 0.15) is 25.7 Å². The minimum Gasteiger partial charge on any atom is -0.371 e. The summed E-state index contributed by atoms with van der Waals surface area (Å²) in [4.78, 5) is 11.3. The third-order valence-electron chi connectivity index (χ3n) is 3.49. The van der Waals surface area contributed by atoms with Gasteiger partial charge in [0.2, 0.25) is 5.91 Å². The van der Waals surface area contributed by atoms with Gasteiger partial charge in [0.05, 0.1) is 6.61 Å². The number of ether oxygens (including phenoxy) is 1. The first kappa shape index (κ1) is 14.6. The smallest absolute Gasteiger partial charge is 0.371 e. The van der Waals surface area contributed by atoms with Gasteiger partial charge in [0.25, 0.3) is 0 Å². The van der Waals surface area contributed by atoms with E-state index in [1.54, 1.807) is 0 Å². The molecule has 2 fully saturated rings. The maximum Gasteiger partial charge on any atom is 0.411 e. The predicted octanol–water partition coefficient (Wildman–Crippen LogP) is 1.21. The fourth-order valence-corrected chi connectivity index (χ4v) is 2.46. The van der Waals surface area contributed by atoms with Crippen LogP contribution >= 0.6 is 0 Å². The third-order valence-corrected chi connectivity index (χ3v) is 3.49. The van der Waals surface area contributed by atoms with Crippen molar-refractivity contribution in [3.05, 3.63) is 0 Å². The van der Waals surface area contributed by atoms with Crippen molar-refractivity contribution >= 4 is 5.91 Å². The van der Waals surface area contributed by atoms with E-state index < -0.39 is 12.8 Å². The molecule has 0 aromatic carbocycles. The minimum atomic E-state index is -4.27. The van der Waals surface area contributed by atoms with Gasteiger partial charge in [-0.15, -0.1) is 0 Å². The fraction of sp³-hybridized carbons (Fsp3) is 0.917. The molecule has 1 aliphatic heterocycles. The number of hydrogen-bond acceptors (Lipinski definition) is 3. The van der Waals surface area contributed by atoms with Crippen molar-refractivity contribution < 1.29 is 22.7 Å². The number of halogens is 3. The number of alkyl halides is 3. The van der Waals surface area contributed by atoms with E-state index in [9.17, 15) is 18.0 Å². The molecule has 2 atom stereocenters. The molecular weight excluding hydrogens is 261 g/mol. The number of hydrogen-bond donors (Lipinski definition) is 2. The Balaban J connectivity index is 1.65. The van der Waals surface area contributed by atoms with Crippen LogP contribution in [0, 0.1) is 5.92 Å². The number of carbonyl (C=O) groups excluding carboxylic acids is 1. The zero-order chi connectivity index (χ0) is 13.9.